The van der Waals surface area contributed by atoms with Crippen LogP contribution in [0.15, 0.2) is 59.0 Å². The van der Waals surface area contributed by atoms with Crippen molar-refractivity contribution < 1.29 is 38.0 Å². The predicted molar refractivity (Wildman–Crippen MR) is 87.3 cm³/mol. The van der Waals surface area contributed by atoms with Gasteiger partial charge in [-0.3, -0.25) is 0 Å². The number of methoxy groups -OCH3 is 1. The van der Waals surface area contributed by atoms with Gasteiger partial charge in [0.1, 0.15) is 5.75 Å². The second-order valence-electron chi connectivity index (χ2n) is 5.31. The lowest BCUT2D eigenvalue weighted by Gasteiger charge is -2.17. The average molecular weight is 377 g/mol. The molecule has 136 valence electrons. The van der Waals surface area contributed by atoms with Gasteiger partial charge in [0.15, 0.2) is 0 Å². The van der Waals surface area contributed by atoms with Gasteiger partial charge in [-0.25, -0.2) is 23.1 Å². The average Bonchev–Trinajstić information content (AvgIpc) is 2.59. The molecule has 3 rings (SSSR count). The van der Waals surface area contributed by atoms with Gasteiger partial charge in [-0.2, -0.15) is 0 Å². The fourth-order valence-corrected chi connectivity index (χ4v) is 2.30. The van der Waals surface area contributed by atoms with E-state index < -0.39 is 10.2 Å². The van der Waals surface area contributed by atoms with Gasteiger partial charge in [-0.15, -0.1) is 10.2 Å². The normalized spacial score (nSPS) is 11.3. The zero-order chi connectivity index (χ0) is 19.2. The summed E-state index contributed by atoms with van der Waals surface area (Å²) in [5.74, 6) is 1.71. The summed E-state index contributed by atoms with van der Waals surface area (Å²) in [4.78, 5) is 0. The van der Waals surface area contributed by atoms with Crippen LogP contribution in [0.4, 0.5) is 0 Å². The molecule has 0 bridgehead atoms. The van der Waals surface area contributed by atoms with E-state index >= 15 is 0 Å². The van der Waals surface area contributed by atoms with Crippen LogP contribution in [0.1, 0.15) is 16.9 Å². The molecule has 0 aliphatic rings. The van der Waals surface area contributed by atoms with Gasteiger partial charge in [0.25, 0.3) is 0 Å². The Balaban J connectivity index is 0.000000431. The maximum Gasteiger partial charge on any atom is 0.361 e. The Morgan fingerprint density at radius 3 is 2.15 bits per heavy atom. The highest BCUT2D eigenvalue weighted by molar-refractivity contribution is 5.81. The highest BCUT2D eigenvalue weighted by Gasteiger charge is 2.11. The van der Waals surface area contributed by atoms with Crippen LogP contribution in [0.5, 0.6) is 5.75 Å². The minimum atomic E-state index is -4.94. The lowest BCUT2D eigenvalue weighted by Crippen LogP contribution is -2.68. The second-order valence-corrected chi connectivity index (χ2v) is 6.07. The summed E-state index contributed by atoms with van der Waals surface area (Å²) >= 11 is 0. The van der Waals surface area contributed by atoms with E-state index in [9.17, 15) is 0 Å². The largest absolute Gasteiger partial charge is 0.497 e. The number of aryl methyl sites for hydroxylation is 1. The first-order chi connectivity index (χ1) is 12.3. The Kier molecular flexibility index (Phi) is 6.68. The molecule has 0 aliphatic heterocycles. The van der Waals surface area contributed by atoms with E-state index in [1.807, 2.05) is 54.6 Å². The van der Waals surface area contributed by atoms with E-state index in [1.165, 1.54) is 5.56 Å². The van der Waals surface area contributed by atoms with Gasteiger partial charge in [0, 0.05) is 18.2 Å². The Morgan fingerprint density at radius 2 is 1.54 bits per heavy atom. The minimum absolute atomic E-state index is 0.849. The van der Waals surface area contributed by atoms with E-state index in [0.29, 0.717) is 0 Å². The standard InChI is InChI=1S/C19H17O2.ClHO4/c1-14-13-17(21-19-6-4-3-5-18(14)19)12-9-15-7-10-16(20-2)11-8-15;2-1(3,4)5/h3-13H,1-2H3;(H,2,3,4,5)/q+1;/p-1. The summed E-state index contributed by atoms with van der Waals surface area (Å²) in [6.45, 7) is 2.10. The fourth-order valence-electron chi connectivity index (χ4n) is 2.30. The maximum absolute atomic E-state index is 8.49. The molecular formula is C19H17ClO6. The van der Waals surface area contributed by atoms with Crippen LogP contribution in [0, 0.1) is 17.2 Å². The third-order valence-corrected chi connectivity index (χ3v) is 3.45. The molecule has 3 aromatic rings. The molecule has 0 radical (unpaired) electrons. The number of fused-ring (bicyclic) bond motifs is 1. The smallest absolute Gasteiger partial charge is 0.361 e. The zero-order valence-electron chi connectivity index (χ0n) is 14.2. The van der Waals surface area contributed by atoms with Crippen molar-refractivity contribution in [2.75, 3.05) is 7.11 Å². The molecule has 2 aromatic carbocycles. The molecule has 0 saturated carbocycles. The predicted octanol–water partition coefficient (Wildman–Crippen LogP) is 0.445. The number of rotatable bonds is 3. The lowest BCUT2D eigenvalue weighted by atomic mass is 10.1. The van der Waals surface area contributed by atoms with Crippen molar-refractivity contribution in [1.82, 2.24) is 0 Å². The first-order valence-corrected chi connectivity index (χ1v) is 8.76. The summed E-state index contributed by atoms with van der Waals surface area (Å²) in [6.07, 6.45) is 4.02. The molecule has 0 N–H and O–H groups in total. The van der Waals surface area contributed by atoms with Crippen LogP contribution in [0.2, 0.25) is 0 Å². The molecule has 0 fully saturated rings. The summed E-state index contributed by atoms with van der Waals surface area (Å²) in [5, 5.41) is 1.15. The molecular weight excluding hydrogens is 360 g/mol. The molecule has 0 amide bonds. The van der Waals surface area contributed by atoms with Crippen molar-refractivity contribution in [3.8, 4) is 5.75 Å². The van der Waals surface area contributed by atoms with Gasteiger partial charge in [0.05, 0.1) is 12.5 Å². The van der Waals surface area contributed by atoms with E-state index in [2.05, 4.69) is 19.1 Å². The number of ether oxygens (including phenoxy) is 1. The molecule has 1 aromatic heterocycles. The number of halogens is 1. The summed E-state index contributed by atoms with van der Waals surface area (Å²) < 4.78 is 45.0. The van der Waals surface area contributed by atoms with E-state index in [4.69, 9.17) is 27.8 Å². The van der Waals surface area contributed by atoms with Crippen molar-refractivity contribution >= 4 is 23.1 Å². The van der Waals surface area contributed by atoms with Gasteiger partial charge < -0.3 is 4.74 Å². The van der Waals surface area contributed by atoms with Crippen molar-refractivity contribution in [3.05, 3.63) is 71.5 Å². The molecule has 1 heterocycles. The van der Waals surface area contributed by atoms with Gasteiger partial charge in [0.2, 0.25) is 0 Å². The Morgan fingerprint density at radius 1 is 0.923 bits per heavy atom. The second kappa shape index (κ2) is 8.75. The first-order valence-electron chi connectivity index (χ1n) is 7.52. The van der Waals surface area contributed by atoms with Crippen LogP contribution in [-0.4, -0.2) is 7.11 Å². The van der Waals surface area contributed by atoms with Crippen molar-refractivity contribution in [3.63, 3.8) is 0 Å². The van der Waals surface area contributed by atoms with Crippen LogP contribution in [0.25, 0.3) is 23.1 Å². The number of para-hydroxylation sites is 1. The van der Waals surface area contributed by atoms with E-state index in [1.54, 1.807) is 7.11 Å². The van der Waals surface area contributed by atoms with Crippen molar-refractivity contribution in [2.24, 2.45) is 0 Å². The van der Waals surface area contributed by atoms with Crippen LogP contribution >= 0.6 is 0 Å². The third kappa shape index (κ3) is 6.44. The van der Waals surface area contributed by atoms with Crippen LogP contribution < -0.4 is 23.4 Å². The molecule has 0 aliphatic carbocycles. The Hall–Kier alpha value is -2.48. The van der Waals surface area contributed by atoms with Crippen molar-refractivity contribution in [2.45, 2.75) is 6.92 Å². The minimum Gasteiger partial charge on any atom is -0.497 e. The quantitative estimate of drug-likeness (QED) is 0.613. The molecule has 6 nitrogen and oxygen atoms in total. The molecule has 26 heavy (non-hydrogen) atoms. The van der Waals surface area contributed by atoms with Gasteiger partial charge in [-0.1, -0.05) is 24.3 Å². The molecule has 0 saturated heterocycles. The van der Waals surface area contributed by atoms with E-state index in [0.717, 1.165) is 28.0 Å². The van der Waals surface area contributed by atoms with Crippen LogP contribution in [-0.2, 0) is 0 Å². The molecule has 0 spiro atoms. The zero-order valence-corrected chi connectivity index (χ0v) is 14.9. The monoisotopic (exact) mass is 376 g/mol. The SMILES string of the molecule is COc1ccc(C=Cc2cc(C)c3ccccc3[o+]2)cc1.[O-][Cl+3]([O-])([O-])[O-]. The van der Waals surface area contributed by atoms with Crippen LogP contribution in [0.3, 0.4) is 0 Å². The molecule has 0 atom stereocenters. The Labute approximate surface area is 153 Å². The highest BCUT2D eigenvalue weighted by Crippen LogP contribution is 2.22. The maximum atomic E-state index is 8.49. The van der Waals surface area contributed by atoms with Gasteiger partial charge in [-0.05, 0) is 42.3 Å². The lowest BCUT2D eigenvalue weighted by molar-refractivity contribution is -2.00. The number of benzene rings is 2. The molecule has 0 unspecified atom stereocenters. The number of hydrogen-bond donors (Lipinski definition) is 0. The first kappa shape index (κ1) is 19.8. The van der Waals surface area contributed by atoms with E-state index in [-0.39, 0.29) is 0 Å². The Bertz CT molecular complexity index is 879. The third-order valence-electron chi connectivity index (χ3n) is 3.45. The van der Waals surface area contributed by atoms with Gasteiger partial charge >= 0.3 is 11.3 Å². The highest BCUT2D eigenvalue weighted by atomic mass is 35.7. The summed E-state index contributed by atoms with van der Waals surface area (Å²) in [5.41, 5.74) is 3.23. The van der Waals surface area contributed by atoms with Crippen molar-refractivity contribution in [1.29, 1.82) is 0 Å². The molecule has 7 heteroatoms. The number of hydrogen-bond acceptors (Lipinski definition) is 5. The fraction of sp³-hybridized carbons (Fsp3) is 0.105. The topological polar surface area (TPSA) is 113 Å². The summed E-state index contributed by atoms with van der Waals surface area (Å²) in [7, 11) is -3.28. The summed E-state index contributed by atoms with van der Waals surface area (Å²) in [6, 6.07) is 18.1.